The molecule has 0 fully saturated rings. The predicted molar refractivity (Wildman–Crippen MR) is 65.1 cm³/mol. The largest absolute Gasteiger partial charge is 0.449 e. The zero-order valence-corrected chi connectivity index (χ0v) is 10.3. The summed E-state index contributed by atoms with van der Waals surface area (Å²) in [7, 11) is 0. The summed E-state index contributed by atoms with van der Waals surface area (Å²) in [5.41, 5.74) is 1.03. The van der Waals surface area contributed by atoms with Crippen LogP contribution in [0.15, 0.2) is 30.3 Å². The summed E-state index contributed by atoms with van der Waals surface area (Å²) in [6, 6.07) is 9.53. The number of halogens is 1. The van der Waals surface area contributed by atoms with Crippen LogP contribution in [0.4, 0.5) is 9.59 Å². The van der Waals surface area contributed by atoms with Gasteiger partial charge in [0.1, 0.15) is 0 Å². The van der Waals surface area contributed by atoms with E-state index in [9.17, 15) is 9.59 Å². The molecule has 0 heterocycles. The van der Waals surface area contributed by atoms with Crippen molar-refractivity contribution in [3.63, 3.8) is 0 Å². The molecule has 0 bridgehead atoms. The van der Waals surface area contributed by atoms with Crippen LogP contribution in [0.3, 0.4) is 0 Å². The summed E-state index contributed by atoms with van der Waals surface area (Å²) in [6.07, 6.45) is -0.151. The lowest BCUT2D eigenvalue weighted by molar-refractivity contribution is 0.120. The second-order valence-electron chi connectivity index (χ2n) is 3.34. The summed E-state index contributed by atoms with van der Waals surface area (Å²) in [5.74, 6) is 0. The standard InChI is InChI=1S/C12H14ClNO3/c1-2-17-12(16)14(11(13)15)9-8-10-6-4-3-5-7-10/h3-7H,2,8-9H2,1H3. The van der Waals surface area contributed by atoms with E-state index < -0.39 is 11.5 Å². The van der Waals surface area contributed by atoms with Crippen molar-refractivity contribution in [1.82, 2.24) is 4.90 Å². The Morgan fingerprint density at radius 1 is 1.29 bits per heavy atom. The molecule has 92 valence electrons. The summed E-state index contributed by atoms with van der Waals surface area (Å²) in [5, 5.41) is -0.820. The van der Waals surface area contributed by atoms with Crippen molar-refractivity contribution in [3.8, 4) is 0 Å². The Morgan fingerprint density at radius 2 is 1.94 bits per heavy atom. The highest BCUT2D eigenvalue weighted by molar-refractivity contribution is 6.63. The number of benzene rings is 1. The molecular formula is C12H14ClNO3. The van der Waals surface area contributed by atoms with Gasteiger partial charge in [0.2, 0.25) is 0 Å². The Labute approximate surface area is 105 Å². The first-order valence-electron chi connectivity index (χ1n) is 5.32. The van der Waals surface area contributed by atoms with Crippen LogP contribution < -0.4 is 0 Å². The molecule has 17 heavy (non-hydrogen) atoms. The molecule has 0 aliphatic rings. The highest BCUT2D eigenvalue weighted by atomic mass is 35.5. The molecule has 0 aliphatic heterocycles. The maximum atomic E-state index is 11.4. The van der Waals surface area contributed by atoms with E-state index in [2.05, 4.69) is 0 Å². The van der Waals surface area contributed by atoms with Crippen LogP contribution in [-0.4, -0.2) is 29.5 Å². The molecule has 0 spiro atoms. The first kappa shape index (κ1) is 13.5. The van der Waals surface area contributed by atoms with E-state index >= 15 is 0 Å². The molecule has 0 saturated heterocycles. The lowest BCUT2D eigenvalue weighted by atomic mass is 10.1. The molecule has 2 amide bonds. The van der Waals surface area contributed by atoms with Crippen molar-refractivity contribution < 1.29 is 14.3 Å². The average molecular weight is 256 g/mol. The van der Waals surface area contributed by atoms with Gasteiger partial charge in [0, 0.05) is 6.54 Å². The molecule has 0 radical (unpaired) electrons. The summed E-state index contributed by atoms with van der Waals surface area (Å²) < 4.78 is 4.74. The molecule has 1 rings (SSSR count). The number of carbonyl (C=O) groups excluding carboxylic acids is 2. The van der Waals surface area contributed by atoms with Gasteiger partial charge in [-0.25, -0.2) is 9.69 Å². The maximum absolute atomic E-state index is 11.4. The Balaban J connectivity index is 2.56. The number of nitrogens with zero attached hydrogens (tertiary/aromatic N) is 1. The number of carbonyl (C=O) groups is 2. The number of imide groups is 1. The van der Waals surface area contributed by atoms with Crippen molar-refractivity contribution >= 4 is 23.1 Å². The fourth-order valence-electron chi connectivity index (χ4n) is 1.34. The minimum Gasteiger partial charge on any atom is -0.449 e. The van der Waals surface area contributed by atoms with Gasteiger partial charge in [0.05, 0.1) is 6.61 Å². The third kappa shape index (κ3) is 4.44. The molecule has 0 atom stereocenters. The highest BCUT2D eigenvalue weighted by Gasteiger charge is 2.20. The summed E-state index contributed by atoms with van der Waals surface area (Å²) in [4.78, 5) is 23.4. The molecule has 0 unspecified atom stereocenters. The molecule has 0 aromatic heterocycles. The van der Waals surface area contributed by atoms with E-state index in [1.807, 2.05) is 30.3 Å². The van der Waals surface area contributed by atoms with Crippen LogP contribution >= 0.6 is 11.6 Å². The normalized spacial score (nSPS) is 9.76. The number of rotatable bonds is 4. The Bertz CT molecular complexity index is 381. The van der Waals surface area contributed by atoms with Crippen LogP contribution in [0.2, 0.25) is 0 Å². The third-order valence-electron chi connectivity index (χ3n) is 2.17. The lowest BCUT2D eigenvalue weighted by Gasteiger charge is -2.16. The predicted octanol–water partition coefficient (Wildman–Crippen LogP) is 3.05. The number of hydrogen-bond acceptors (Lipinski definition) is 3. The van der Waals surface area contributed by atoms with Gasteiger partial charge < -0.3 is 4.74 Å². The van der Waals surface area contributed by atoms with Gasteiger partial charge >= 0.3 is 11.5 Å². The smallest absolute Gasteiger partial charge is 0.417 e. The quantitative estimate of drug-likeness (QED) is 0.614. The zero-order chi connectivity index (χ0) is 12.7. The Kier molecular flexibility index (Phi) is 5.49. The van der Waals surface area contributed by atoms with E-state index in [4.69, 9.17) is 16.3 Å². The third-order valence-corrected chi connectivity index (χ3v) is 2.37. The molecule has 5 heteroatoms. The van der Waals surface area contributed by atoms with Gasteiger partial charge in [-0.05, 0) is 30.5 Å². The van der Waals surface area contributed by atoms with Crippen LogP contribution in [0.25, 0.3) is 0 Å². The van der Waals surface area contributed by atoms with Crippen LogP contribution in [-0.2, 0) is 11.2 Å². The van der Waals surface area contributed by atoms with Crippen LogP contribution in [0, 0.1) is 0 Å². The van der Waals surface area contributed by atoms with Crippen LogP contribution in [0.5, 0.6) is 0 Å². The van der Waals surface area contributed by atoms with E-state index in [-0.39, 0.29) is 13.2 Å². The summed E-state index contributed by atoms with van der Waals surface area (Å²) >= 11 is 5.33. The molecule has 0 saturated carbocycles. The van der Waals surface area contributed by atoms with E-state index in [1.54, 1.807) is 6.92 Å². The van der Waals surface area contributed by atoms with Gasteiger partial charge in [-0.15, -0.1) is 0 Å². The topological polar surface area (TPSA) is 46.6 Å². The zero-order valence-electron chi connectivity index (χ0n) is 9.56. The lowest BCUT2D eigenvalue weighted by Crippen LogP contribution is -2.35. The van der Waals surface area contributed by atoms with Crippen molar-refractivity contribution in [3.05, 3.63) is 35.9 Å². The van der Waals surface area contributed by atoms with E-state index in [1.165, 1.54) is 0 Å². The van der Waals surface area contributed by atoms with E-state index in [0.29, 0.717) is 6.42 Å². The van der Waals surface area contributed by atoms with Crippen molar-refractivity contribution in [2.45, 2.75) is 13.3 Å². The second-order valence-corrected chi connectivity index (χ2v) is 3.66. The van der Waals surface area contributed by atoms with Gasteiger partial charge in [-0.2, -0.15) is 0 Å². The first-order valence-corrected chi connectivity index (χ1v) is 5.70. The first-order chi connectivity index (χ1) is 8.15. The molecule has 0 N–H and O–H groups in total. The molecule has 0 aliphatic carbocycles. The number of hydrogen-bond donors (Lipinski definition) is 0. The monoisotopic (exact) mass is 255 g/mol. The Hall–Kier alpha value is -1.55. The van der Waals surface area contributed by atoms with Crippen molar-refractivity contribution in [2.24, 2.45) is 0 Å². The SMILES string of the molecule is CCOC(=O)N(CCc1ccccc1)C(=O)Cl. The van der Waals surface area contributed by atoms with Gasteiger partial charge in [0.15, 0.2) is 0 Å². The maximum Gasteiger partial charge on any atom is 0.417 e. The molecule has 4 nitrogen and oxygen atoms in total. The average Bonchev–Trinajstić information content (AvgIpc) is 2.30. The van der Waals surface area contributed by atoms with E-state index in [0.717, 1.165) is 10.5 Å². The van der Waals surface area contributed by atoms with Gasteiger partial charge in [-0.1, -0.05) is 30.3 Å². The fourth-order valence-corrected chi connectivity index (χ4v) is 1.49. The molecular weight excluding hydrogens is 242 g/mol. The minimum atomic E-state index is -0.820. The summed E-state index contributed by atoms with van der Waals surface area (Å²) in [6.45, 7) is 2.10. The van der Waals surface area contributed by atoms with Crippen molar-refractivity contribution in [1.29, 1.82) is 0 Å². The van der Waals surface area contributed by atoms with Gasteiger partial charge in [-0.3, -0.25) is 4.79 Å². The number of ether oxygens (including phenoxy) is 1. The highest BCUT2D eigenvalue weighted by Crippen LogP contribution is 2.05. The molecule has 1 aromatic carbocycles. The minimum absolute atomic E-state index is 0.213. The van der Waals surface area contributed by atoms with Gasteiger partial charge in [0.25, 0.3) is 0 Å². The van der Waals surface area contributed by atoms with Crippen molar-refractivity contribution in [2.75, 3.05) is 13.2 Å². The van der Waals surface area contributed by atoms with Crippen LogP contribution in [0.1, 0.15) is 12.5 Å². The Morgan fingerprint density at radius 3 is 2.47 bits per heavy atom. The molecule has 1 aromatic rings. The number of amides is 2. The second kappa shape index (κ2) is 6.91. The fraction of sp³-hybridized carbons (Fsp3) is 0.333.